The molecular weight excluding hydrogens is 356 g/mol. The predicted octanol–water partition coefficient (Wildman–Crippen LogP) is 4.74. The summed E-state index contributed by atoms with van der Waals surface area (Å²) in [4.78, 5) is 12.3. The summed E-state index contributed by atoms with van der Waals surface area (Å²) in [6.07, 6.45) is 1.68. The van der Waals surface area contributed by atoms with Crippen LogP contribution in [0.15, 0.2) is 53.9 Å². The van der Waals surface area contributed by atoms with E-state index in [2.05, 4.69) is 55.3 Å². The normalized spacial score (nSPS) is 11.0. The smallest absolute Gasteiger partial charge is 0.234 e. The standard InChI is InChI=1S/C21H24N4OS/c1-14(2)17-6-8-18(9-7-17)23-20(26)12-27-21-24-22-13-25(21)19-10-5-15(3)16(4)11-19/h5-11,13-14H,12H2,1-4H3,(H,23,26). The first-order valence-electron chi connectivity index (χ1n) is 8.94. The molecule has 0 saturated carbocycles. The van der Waals surface area contributed by atoms with Crippen LogP contribution in [-0.4, -0.2) is 26.4 Å². The van der Waals surface area contributed by atoms with E-state index in [1.807, 2.05) is 34.9 Å². The number of carbonyl (C=O) groups excluding carboxylic acids is 1. The summed E-state index contributed by atoms with van der Waals surface area (Å²) in [5.41, 5.74) is 5.50. The van der Waals surface area contributed by atoms with Crippen LogP contribution >= 0.6 is 11.8 Å². The van der Waals surface area contributed by atoms with Gasteiger partial charge in [-0.1, -0.05) is 43.8 Å². The highest BCUT2D eigenvalue weighted by atomic mass is 32.2. The summed E-state index contributed by atoms with van der Waals surface area (Å²) in [5.74, 6) is 0.684. The van der Waals surface area contributed by atoms with E-state index in [-0.39, 0.29) is 11.7 Å². The van der Waals surface area contributed by atoms with Crippen LogP contribution < -0.4 is 5.32 Å². The number of amides is 1. The van der Waals surface area contributed by atoms with Gasteiger partial charge in [0.2, 0.25) is 5.91 Å². The Morgan fingerprint density at radius 2 is 1.85 bits per heavy atom. The van der Waals surface area contributed by atoms with Gasteiger partial charge in [0.05, 0.1) is 5.75 Å². The lowest BCUT2D eigenvalue weighted by Crippen LogP contribution is -2.14. The number of rotatable bonds is 6. The third-order valence-electron chi connectivity index (χ3n) is 4.48. The largest absolute Gasteiger partial charge is 0.325 e. The molecule has 3 rings (SSSR count). The maximum Gasteiger partial charge on any atom is 0.234 e. The molecule has 1 amide bonds. The number of hydrogen-bond donors (Lipinski definition) is 1. The second-order valence-electron chi connectivity index (χ2n) is 6.87. The number of thioether (sulfide) groups is 1. The number of nitrogens with zero attached hydrogens (tertiary/aromatic N) is 3. The highest BCUT2D eigenvalue weighted by molar-refractivity contribution is 7.99. The molecule has 0 bridgehead atoms. The van der Waals surface area contributed by atoms with Crippen molar-refractivity contribution in [2.45, 2.75) is 38.8 Å². The molecule has 0 unspecified atom stereocenters. The minimum atomic E-state index is -0.0630. The number of anilines is 1. The van der Waals surface area contributed by atoms with Crippen molar-refractivity contribution in [3.05, 3.63) is 65.5 Å². The highest BCUT2D eigenvalue weighted by Crippen LogP contribution is 2.22. The van der Waals surface area contributed by atoms with E-state index in [4.69, 9.17) is 0 Å². The van der Waals surface area contributed by atoms with Gasteiger partial charge in [0, 0.05) is 11.4 Å². The SMILES string of the molecule is Cc1ccc(-n2cnnc2SCC(=O)Nc2ccc(C(C)C)cc2)cc1C. The molecule has 0 fully saturated rings. The molecule has 0 spiro atoms. The zero-order valence-corrected chi connectivity index (χ0v) is 16.9. The minimum absolute atomic E-state index is 0.0630. The van der Waals surface area contributed by atoms with Crippen molar-refractivity contribution in [1.29, 1.82) is 0 Å². The van der Waals surface area contributed by atoms with Crippen LogP contribution in [0.25, 0.3) is 5.69 Å². The fourth-order valence-corrected chi connectivity index (χ4v) is 3.38. The average molecular weight is 381 g/mol. The van der Waals surface area contributed by atoms with Gasteiger partial charge < -0.3 is 5.32 Å². The lowest BCUT2D eigenvalue weighted by Gasteiger charge is -2.10. The van der Waals surface area contributed by atoms with Gasteiger partial charge in [-0.2, -0.15) is 0 Å². The van der Waals surface area contributed by atoms with Crippen molar-refractivity contribution in [3.8, 4) is 5.69 Å². The molecule has 0 atom stereocenters. The maximum atomic E-state index is 12.3. The fourth-order valence-electron chi connectivity index (χ4n) is 2.65. The third-order valence-corrected chi connectivity index (χ3v) is 5.42. The number of aromatic nitrogens is 3. The lowest BCUT2D eigenvalue weighted by molar-refractivity contribution is -0.113. The van der Waals surface area contributed by atoms with E-state index in [0.29, 0.717) is 11.1 Å². The summed E-state index contributed by atoms with van der Waals surface area (Å²) in [6, 6.07) is 14.2. The number of hydrogen-bond acceptors (Lipinski definition) is 4. The quantitative estimate of drug-likeness (QED) is 0.628. The van der Waals surface area contributed by atoms with Crippen molar-refractivity contribution in [2.75, 3.05) is 11.1 Å². The van der Waals surface area contributed by atoms with Gasteiger partial charge in [0.25, 0.3) is 0 Å². The molecule has 0 aliphatic rings. The number of aryl methyl sites for hydroxylation is 2. The summed E-state index contributed by atoms with van der Waals surface area (Å²) in [7, 11) is 0. The molecule has 1 N–H and O–H groups in total. The van der Waals surface area contributed by atoms with Gasteiger partial charge in [0.15, 0.2) is 5.16 Å². The molecule has 0 radical (unpaired) electrons. The molecule has 27 heavy (non-hydrogen) atoms. The van der Waals surface area contributed by atoms with Gasteiger partial charge in [-0.3, -0.25) is 9.36 Å². The van der Waals surface area contributed by atoms with Gasteiger partial charge in [-0.05, 0) is 60.7 Å². The van der Waals surface area contributed by atoms with E-state index in [0.717, 1.165) is 11.4 Å². The highest BCUT2D eigenvalue weighted by Gasteiger charge is 2.11. The van der Waals surface area contributed by atoms with Crippen LogP contribution in [0.2, 0.25) is 0 Å². The van der Waals surface area contributed by atoms with E-state index in [1.54, 1.807) is 6.33 Å². The number of benzene rings is 2. The van der Waals surface area contributed by atoms with E-state index in [1.165, 1.54) is 28.5 Å². The number of carbonyl (C=O) groups is 1. The fraction of sp³-hybridized carbons (Fsp3) is 0.286. The Kier molecular flexibility index (Phi) is 5.96. The van der Waals surface area contributed by atoms with Crippen LogP contribution in [0.4, 0.5) is 5.69 Å². The molecule has 140 valence electrons. The molecule has 1 heterocycles. The van der Waals surface area contributed by atoms with Crippen molar-refractivity contribution in [2.24, 2.45) is 0 Å². The summed E-state index contributed by atoms with van der Waals surface area (Å²) >= 11 is 1.37. The topological polar surface area (TPSA) is 59.8 Å². The zero-order chi connectivity index (χ0) is 19.4. The summed E-state index contributed by atoms with van der Waals surface area (Å²) < 4.78 is 1.90. The summed E-state index contributed by atoms with van der Waals surface area (Å²) in [6.45, 7) is 8.46. The minimum Gasteiger partial charge on any atom is -0.325 e. The van der Waals surface area contributed by atoms with Gasteiger partial charge in [-0.15, -0.1) is 10.2 Å². The van der Waals surface area contributed by atoms with Gasteiger partial charge >= 0.3 is 0 Å². The van der Waals surface area contributed by atoms with Crippen molar-refractivity contribution in [3.63, 3.8) is 0 Å². The maximum absolute atomic E-state index is 12.3. The van der Waals surface area contributed by atoms with E-state index >= 15 is 0 Å². The molecule has 1 aromatic heterocycles. The first kappa shape index (κ1) is 19.2. The lowest BCUT2D eigenvalue weighted by atomic mass is 10.0. The van der Waals surface area contributed by atoms with Crippen LogP contribution in [0.3, 0.4) is 0 Å². The summed E-state index contributed by atoms with van der Waals surface area (Å²) in [5, 5.41) is 11.8. The van der Waals surface area contributed by atoms with Crippen LogP contribution in [0, 0.1) is 13.8 Å². The first-order chi connectivity index (χ1) is 12.9. The Labute approximate surface area is 164 Å². The Morgan fingerprint density at radius 1 is 1.11 bits per heavy atom. The first-order valence-corrected chi connectivity index (χ1v) is 9.93. The second-order valence-corrected chi connectivity index (χ2v) is 7.81. The van der Waals surface area contributed by atoms with Crippen molar-refractivity contribution < 1.29 is 4.79 Å². The Hall–Kier alpha value is -2.60. The Morgan fingerprint density at radius 3 is 2.52 bits per heavy atom. The molecule has 0 saturated heterocycles. The van der Waals surface area contributed by atoms with Crippen LogP contribution in [-0.2, 0) is 4.79 Å². The van der Waals surface area contributed by atoms with Crippen molar-refractivity contribution >= 4 is 23.4 Å². The molecule has 0 aliphatic heterocycles. The van der Waals surface area contributed by atoms with E-state index in [9.17, 15) is 4.79 Å². The zero-order valence-electron chi connectivity index (χ0n) is 16.1. The monoisotopic (exact) mass is 380 g/mol. The predicted molar refractivity (Wildman–Crippen MR) is 111 cm³/mol. The third kappa shape index (κ3) is 4.77. The van der Waals surface area contributed by atoms with Gasteiger partial charge in [-0.25, -0.2) is 0 Å². The average Bonchev–Trinajstić information content (AvgIpc) is 3.11. The van der Waals surface area contributed by atoms with Crippen LogP contribution in [0.1, 0.15) is 36.5 Å². The number of nitrogens with one attached hydrogen (secondary N) is 1. The molecule has 2 aromatic carbocycles. The van der Waals surface area contributed by atoms with Crippen LogP contribution in [0.5, 0.6) is 0 Å². The van der Waals surface area contributed by atoms with Crippen molar-refractivity contribution in [1.82, 2.24) is 14.8 Å². The second kappa shape index (κ2) is 8.39. The van der Waals surface area contributed by atoms with Gasteiger partial charge in [0.1, 0.15) is 6.33 Å². The van der Waals surface area contributed by atoms with E-state index < -0.39 is 0 Å². The Bertz CT molecular complexity index is 932. The molecule has 3 aromatic rings. The molecule has 0 aliphatic carbocycles. The molecular formula is C21H24N4OS. The molecule has 6 heteroatoms. The Balaban J connectivity index is 1.62. The molecule has 5 nitrogen and oxygen atoms in total.